The summed E-state index contributed by atoms with van der Waals surface area (Å²) in [7, 11) is 8.31. The molecule has 0 bridgehead atoms. The van der Waals surface area contributed by atoms with E-state index in [1.54, 1.807) is 11.3 Å². The van der Waals surface area contributed by atoms with Crippen LogP contribution in [-0.2, 0) is 0 Å². The van der Waals surface area contributed by atoms with Crippen molar-refractivity contribution in [1.82, 2.24) is 0 Å². The summed E-state index contributed by atoms with van der Waals surface area (Å²) < 4.78 is 0. The Labute approximate surface area is 107 Å². The third-order valence-corrected chi connectivity index (χ3v) is 3.66. The first-order chi connectivity index (χ1) is 8.08. The molecule has 0 saturated heterocycles. The van der Waals surface area contributed by atoms with E-state index in [0.29, 0.717) is 0 Å². The minimum atomic E-state index is 1.24. The molecule has 17 heavy (non-hydrogen) atoms. The van der Waals surface area contributed by atoms with Gasteiger partial charge >= 0.3 is 0 Å². The van der Waals surface area contributed by atoms with Crippen molar-refractivity contribution in [2.24, 2.45) is 0 Å². The lowest BCUT2D eigenvalue weighted by Gasteiger charge is -2.19. The van der Waals surface area contributed by atoms with Crippen molar-refractivity contribution in [2.75, 3.05) is 38.0 Å². The molecule has 0 amide bonds. The Morgan fingerprint density at radius 1 is 0.882 bits per heavy atom. The van der Waals surface area contributed by atoms with Crippen LogP contribution in [0.2, 0.25) is 0 Å². The van der Waals surface area contributed by atoms with Crippen LogP contribution in [-0.4, -0.2) is 28.2 Å². The zero-order chi connectivity index (χ0) is 12.4. The molecule has 0 aliphatic heterocycles. The fourth-order valence-electron chi connectivity index (χ4n) is 1.70. The van der Waals surface area contributed by atoms with Crippen LogP contribution in [0.1, 0.15) is 0 Å². The number of hydrogen-bond donors (Lipinski definition) is 0. The number of benzene rings is 1. The quantitative estimate of drug-likeness (QED) is 0.817. The van der Waals surface area contributed by atoms with Gasteiger partial charge in [0.1, 0.15) is 0 Å². The highest BCUT2D eigenvalue weighted by molar-refractivity contribution is 7.13. The first kappa shape index (κ1) is 12.0. The second-order valence-corrected chi connectivity index (χ2v) is 5.45. The van der Waals surface area contributed by atoms with Gasteiger partial charge in [0.25, 0.3) is 0 Å². The average molecular weight is 246 g/mol. The van der Waals surface area contributed by atoms with Crippen molar-refractivity contribution in [3.05, 3.63) is 35.7 Å². The molecule has 0 unspecified atom stereocenters. The highest BCUT2D eigenvalue weighted by Crippen LogP contribution is 2.32. The first-order valence-electron chi connectivity index (χ1n) is 5.61. The summed E-state index contributed by atoms with van der Waals surface area (Å²) in [4.78, 5) is 5.60. The molecule has 0 aliphatic carbocycles. The molecule has 3 heteroatoms. The first-order valence-corrected chi connectivity index (χ1v) is 6.49. The van der Waals surface area contributed by atoms with Crippen molar-refractivity contribution in [2.45, 2.75) is 0 Å². The standard InChI is InChI=1S/C14H18N2S/c1-15(2)12-8-11(14-6-5-7-17-14)9-13(10-12)16(3)4/h5-10H,1-4H3. The van der Waals surface area contributed by atoms with Crippen molar-refractivity contribution >= 4 is 22.7 Å². The SMILES string of the molecule is CN(C)c1cc(-c2cccs2)cc(N(C)C)c1. The maximum atomic E-state index is 2.23. The molecule has 0 N–H and O–H groups in total. The molecule has 1 aromatic heterocycles. The summed E-state index contributed by atoms with van der Waals surface area (Å²) in [6.07, 6.45) is 0. The van der Waals surface area contributed by atoms with Gasteiger partial charge in [-0.2, -0.15) is 0 Å². The van der Waals surface area contributed by atoms with Crippen molar-refractivity contribution < 1.29 is 0 Å². The van der Waals surface area contributed by atoms with Crippen LogP contribution in [0.25, 0.3) is 10.4 Å². The monoisotopic (exact) mass is 246 g/mol. The fourth-order valence-corrected chi connectivity index (χ4v) is 2.41. The minimum Gasteiger partial charge on any atom is -0.378 e. The lowest BCUT2D eigenvalue weighted by molar-refractivity contribution is 1.10. The van der Waals surface area contributed by atoms with Crippen LogP contribution in [0, 0.1) is 0 Å². The normalized spacial score (nSPS) is 10.4. The fraction of sp³-hybridized carbons (Fsp3) is 0.286. The highest BCUT2D eigenvalue weighted by Gasteiger charge is 2.06. The molecule has 1 heterocycles. The summed E-state index contributed by atoms with van der Waals surface area (Å²) in [5.74, 6) is 0. The van der Waals surface area contributed by atoms with E-state index in [4.69, 9.17) is 0 Å². The molecule has 2 aromatic rings. The van der Waals surface area contributed by atoms with Gasteiger partial charge in [-0.15, -0.1) is 11.3 Å². The van der Waals surface area contributed by atoms with E-state index >= 15 is 0 Å². The molecule has 0 fully saturated rings. The van der Waals surface area contributed by atoms with E-state index in [1.165, 1.54) is 21.8 Å². The molecule has 0 spiro atoms. The van der Waals surface area contributed by atoms with Crippen LogP contribution in [0.3, 0.4) is 0 Å². The Bertz CT molecular complexity index is 461. The molecular formula is C14H18N2S. The molecular weight excluding hydrogens is 228 g/mol. The molecule has 0 atom stereocenters. The molecule has 0 radical (unpaired) electrons. The Kier molecular flexibility index (Phi) is 3.38. The summed E-state index contributed by atoms with van der Waals surface area (Å²) in [5, 5.41) is 2.12. The Morgan fingerprint density at radius 3 is 1.88 bits per heavy atom. The van der Waals surface area contributed by atoms with Crippen LogP contribution < -0.4 is 9.80 Å². The number of rotatable bonds is 3. The number of thiophene rings is 1. The molecule has 0 saturated carbocycles. The van der Waals surface area contributed by atoms with Gasteiger partial charge in [0.2, 0.25) is 0 Å². The number of hydrogen-bond acceptors (Lipinski definition) is 3. The minimum absolute atomic E-state index is 1.24. The van der Waals surface area contributed by atoms with Crippen LogP contribution in [0.4, 0.5) is 11.4 Å². The second kappa shape index (κ2) is 4.80. The molecule has 1 aromatic carbocycles. The van der Waals surface area contributed by atoms with E-state index < -0.39 is 0 Å². The van der Waals surface area contributed by atoms with Gasteiger partial charge in [0.05, 0.1) is 0 Å². The predicted octanol–water partition coefficient (Wildman–Crippen LogP) is 3.55. The van der Waals surface area contributed by atoms with E-state index in [9.17, 15) is 0 Å². The second-order valence-electron chi connectivity index (χ2n) is 4.50. The maximum Gasteiger partial charge on any atom is 0.0388 e. The van der Waals surface area contributed by atoms with E-state index in [-0.39, 0.29) is 0 Å². The van der Waals surface area contributed by atoms with Gasteiger partial charge in [0, 0.05) is 44.4 Å². The summed E-state index contributed by atoms with van der Waals surface area (Å²) >= 11 is 1.78. The summed E-state index contributed by atoms with van der Waals surface area (Å²) in [6.45, 7) is 0. The number of anilines is 2. The van der Waals surface area contributed by atoms with Crippen molar-refractivity contribution in [3.63, 3.8) is 0 Å². The maximum absolute atomic E-state index is 2.23. The van der Waals surface area contributed by atoms with Gasteiger partial charge in [0.15, 0.2) is 0 Å². The van der Waals surface area contributed by atoms with Gasteiger partial charge < -0.3 is 9.80 Å². The van der Waals surface area contributed by atoms with Crippen LogP contribution in [0.5, 0.6) is 0 Å². The van der Waals surface area contributed by atoms with Gasteiger partial charge in [-0.05, 0) is 35.2 Å². The number of nitrogens with zero attached hydrogens (tertiary/aromatic N) is 2. The highest BCUT2D eigenvalue weighted by atomic mass is 32.1. The summed E-state index contributed by atoms with van der Waals surface area (Å²) in [5.41, 5.74) is 3.76. The van der Waals surface area contributed by atoms with E-state index in [2.05, 4.69) is 73.7 Å². The molecule has 2 rings (SSSR count). The van der Waals surface area contributed by atoms with Crippen LogP contribution >= 0.6 is 11.3 Å². The molecule has 0 aliphatic rings. The Morgan fingerprint density at radius 2 is 1.47 bits per heavy atom. The van der Waals surface area contributed by atoms with Crippen molar-refractivity contribution in [3.8, 4) is 10.4 Å². The zero-order valence-electron chi connectivity index (χ0n) is 10.8. The lowest BCUT2D eigenvalue weighted by atomic mass is 10.1. The average Bonchev–Trinajstić information content (AvgIpc) is 2.81. The third kappa shape index (κ3) is 2.61. The van der Waals surface area contributed by atoms with Gasteiger partial charge in [-0.25, -0.2) is 0 Å². The largest absolute Gasteiger partial charge is 0.378 e. The van der Waals surface area contributed by atoms with E-state index in [0.717, 1.165) is 0 Å². The van der Waals surface area contributed by atoms with Crippen LogP contribution in [0.15, 0.2) is 35.7 Å². The zero-order valence-corrected chi connectivity index (χ0v) is 11.6. The Balaban J connectivity index is 2.52. The van der Waals surface area contributed by atoms with E-state index in [1.807, 2.05) is 0 Å². The molecule has 90 valence electrons. The predicted molar refractivity (Wildman–Crippen MR) is 78.4 cm³/mol. The smallest absolute Gasteiger partial charge is 0.0388 e. The van der Waals surface area contributed by atoms with Gasteiger partial charge in [-0.1, -0.05) is 6.07 Å². The Hall–Kier alpha value is -1.48. The third-order valence-electron chi connectivity index (χ3n) is 2.74. The summed E-state index contributed by atoms with van der Waals surface area (Å²) in [6, 6.07) is 10.9. The lowest BCUT2D eigenvalue weighted by Crippen LogP contribution is -2.12. The van der Waals surface area contributed by atoms with Gasteiger partial charge in [-0.3, -0.25) is 0 Å². The topological polar surface area (TPSA) is 6.48 Å². The van der Waals surface area contributed by atoms with Crippen molar-refractivity contribution in [1.29, 1.82) is 0 Å². The molecule has 2 nitrogen and oxygen atoms in total.